The standard InChI is InChI=1S/C36H48N4O9S/c1-6-22-19-36(22,34(44)39-50(45,46)24-11-12-24)38-32(42)26-17-23(20-40(26)33(43)31(41)35(4)15-9-8-10-16-35)49-28-18-29(48-7-2)37-30-21(3)27(47-5)14-13-25(28)30/h6,13-14,18,22-24,26,31,41H,1,7-12,15-17,19-20H2,2-5H3,(H,38,42)(H,39,44)/t22-,23-,26-,31?,36-/m1/s1. The largest absolute Gasteiger partial charge is 0.496 e. The van der Waals surface area contributed by atoms with Crippen LogP contribution in [-0.4, -0.2) is 90.4 Å². The smallest absolute Gasteiger partial charge is 0.259 e. The van der Waals surface area contributed by atoms with Gasteiger partial charge in [0.2, 0.25) is 21.8 Å². The Bertz CT molecular complexity index is 1790. The number of aryl methyl sites for hydroxylation is 1. The molecule has 1 aromatic carbocycles. The number of sulfonamides is 1. The van der Waals surface area contributed by atoms with Crippen molar-refractivity contribution in [3.05, 3.63) is 36.4 Å². The number of nitrogens with zero attached hydrogens (tertiary/aromatic N) is 2. The Morgan fingerprint density at radius 2 is 1.90 bits per heavy atom. The number of methoxy groups -OCH3 is 1. The number of amides is 3. The summed E-state index contributed by atoms with van der Waals surface area (Å²) in [5, 5.41) is 14.4. The van der Waals surface area contributed by atoms with E-state index in [9.17, 15) is 27.9 Å². The zero-order valence-electron chi connectivity index (χ0n) is 29.2. The SMILES string of the molecule is C=C[C@@H]1C[C@]1(NC(=O)[C@H]1C[C@@H](Oc2cc(OCC)nc3c(C)c(OC)ccc23)CN1C(=O)C(O)C1(C)CCCCC1)C(=O)NS(=O)(=O)C1CC1. The van der Waals surface area contributed by atoms with Crippen LogP contribution in [0.1, 0.15) is 77.2 Å². The predicted molar refractivity (Wildman–Crippen MR) is 185 cm³/mol. The summed E-state index contributed by atoms with van der Waals surface area (Å²) in [4.78, 5) is 47.8. The molecule has 1 aliphatic heterocycles. The third kappa shape index (κ3) is 6.75. The fourth-order valence-corrected chi connectivity index (χ4v) is 8.92. The first-order valence-corrected chi connectivity index (χ1v) is 19.1. The number of aromatic nitrogens is 1. The van der Waals surface area contributed by atoms with Crippen molar-refractivity contribution in [1.29, 1.82) is 0 Å². The van der Waals surface area contributed by atoms with Gasteiger partial charge in [0.25, 0.3) is 11.8 Å². The van der Waals surface area contributed by atoms with Crippen molar-refractivity contribution in [2.75, 3.05) is 20.3 Å². The van der Waals surface area contributed by atoms with Crippen LogP contribution in [0.4, 0.5) is 0 Å². The molecule has 2 aromatic rings. The molecule has 3 saturated carbocycles. The third-order valence-electron chi connectivity index (χ3n) is 10.9. The second kappa shape index (κ2) is 13.7. The van der Waals surface area contributed by atoms with Crippen molar-refractivity contribution in [3.8, 4) is 17.4 Å². The first kappa shape index (κ1) is 35.9. The van der Waals surface area contributed by atoms with Crippen molar-refractivity contribution in [2.24, 2.45) is 11.3 Å². The summed E-state index contributed by atoms with van der Waals surface area (Å²) in [5.74, 6) is -1.11. The number of carbonyl (C=O) groups excluding carboxylic acids is 3. The molecule has 50 heavy (non-hydrogen) atoms. The van der Waals surface area contributed by atoms with Crippen molar-refractivity contribution >= 4 is 38.6 Å². The van der Waals surface area contributed by atoms with Gasteiger partial charge in [0.1, 0.15) is 35.3 Å². The maximum Gasteiger partial charge on any atom is 0.259 e. The molecule has 1 unspecified atom stereocenters. The van der Waals surface area contributed by atoms with Crippen LogP contribution in [0.5, 0.6) is 17.4 Å². The highest BCUT2D eigenvalue weighted by molar-refractivity contribution is 7.91. The number of hydrogen-bond acceptors (Lipinski definition) is 10. The van der Waals surface area contributed by atoms with E-state index in [1.807, 2.05) is 32.9 Å². The number of hydrogen-bond donors (Lipinski definition) is 3. The molecule has 4 fully saturated rings. The van der Waals surface area contributed by atoms with Gasteiger partial charge in [-0.15, -0.1) is 6.58 Å². The van der Waals surface area contributed by atoms with Gasteiger partial charge in [-0.25, -0.2) is 13.4 Å². The number of likely N-dealkylation sites (tertiary alicyclic amines) is 1. The van der Waals surface area contributed by atoms with Gasteiger partial charge in [0.15, 0.2) is 0 Å². The Kier molecular flexibility index (Phi) is 9.81. The van der Waals surface area contributed by atoms with Gasteiger partial charge < -0.3 is 29.5 Å². The predicted octanol–water partition coefficient (Wildman–Crippen LogP) is 3.30. The lowest BCUT2D eigenvalue weighted by Crippen LogP contribution is -2.58. The Hall–Kier alpha value is -3.91. The third-order valence-corrected chi connectivity index (χ3v) is 12.7. The van der Waals surface area contributed by atoms with Crippen molar-refractivity contribution in [3.63, 3.8) is 0 Å². The summed E-state index contributed by atoms with van der Waals surface area (Å²) < 4.78 is 45.3. The molecule has 6 rings (SSSR count). The molecule has 3 aliphatic carbocycles. The molecule has 0 bridgehead atoms. The molecule has 0 spiro atoms. The molecule has 272 valence electrons. The molecule has 1 aromatic heterocycles. The van der Waals surface area contributed by atoms with E-state index in [0.717, 1.165) is 24.8 Å². The maximum absolute atomic E-state index is 14.2. The number of aliphatic hydroxyl groups excluding tert-OH is 1. The van der Waals surface area contributed by atoms with Gasteiger partial charge in [-0.3, -0.25) is 19.1 Å². The molecule has 5 atom stereocenters. The Balaban J connectivity index is 1.30. The fraction of sp³-hybridized carbons (Fsp3) is 0.611. The number of carbonyl (C=O) groups is 3. The lowest BCUT2D eigenvalue weighted by atomic mass is 9.71. The van der Waals surface area contributed by atoms with Crippen LogP contribution in [0, 0.1) is 18.3 Å². The van der Waals surface area contributed by atoms with E-state index in [1.54, 1.807) is 13.2 Å². The number of benzene rings is 1. The van der Waals surface area contributed by atoms with Gasteiger partial charge >= 0.3 is 0 Å². The van der Waals surface area contributed by atoms with E-state index in [2.05, 4.69) is 21.6 Å². The van der Waals surface area contributed by atoms with Gasteiger partial charge in [-0.05, 0) is 58.1 Å². The first-order valence-electron chi connectivity index (χ1n) is 17.5. The minimum absolute atomic E-state index is 0.00682. The molecule has 13 nitrogen and oxygen atoms in total. The lowest BCUT2D eigenvalue weighted by Gasteiger charge is -2.39. The highest BCUT2D eigenvalue weighted by Crippen LogP contribution is 2.46. The number of fused-ring (bicyclic) bond motifs is 1. The molecule has 14 heteroatoms. The summed E-state index contributed by atoms with van der Waals surface area (Å²) >= 11 is 0. The Morgan fingerprint density at radius 1 is 1.18 bits per heavy atom. The van der Waals surface area contributed by atoms with Crippen LogP contribution >= 0.6 is 0 Å². The number of rotatable bonds is 13. The van der Waals surface area contributed by atoms with Gasteiger partial charge in [-0.1, -0.05) is 32.3 Å². The normalized spacial score (nSPS) is 26.5. The van der Waals surface area contributed by atoms with Gasteiger partial charge in [-0.2, -0.15) is 0 Å². The zero-order chi connectivity index (χ0) is 36.0. The molecule has 3 amide bonds. The number of nitrogens with one attached hydrogen (secondary N) is 2. The number of aliphatic hydroxyl groups is 1. The monoisotopic (exact) mass is 712 g/mol. The van der Waals surface area contributed by atoms with Crippen LogP contribution in [0.3, 0.4) is 0 Å². The van der Waals surface area contributed by atoms with E-state index < -0.39 is 68.1 Å². The summed E-state index contributed by atoms with van der Waals surface area (Å²) in [7, 11) is -2.30. The second-order valence-electron chi connectivity index (χ2n) is 14.5. The minimum Gasteiger partial charge on any atom is -0.496 e. The molecule has 3 N–H and O–H groups in total. The van der Waals surface area contributed by atoms with Crippen LogP contribution < -0.4 is 24.2 Å². The van der Waals surface area contributed by atoms with E-state index >= 15 is 0 Å². The number of ether oxygens (including phenoxy) is 3. The molecular formula is C36H48N4O9S. The van der Waals surface area contributed by atoms with E-state index in [-0.39, 0.29) is 19.4 Å². The van der Waals surface area contributed by atoms with Gasteiger partial charge in [0.05, 0.1) is 31.0 Å². The van der Waals surface area contributed by atoms with Crippen LogP contribution in [0.25, 0.3) is 10.9 Å². The van der Waals surface area contributed by atoms with Crippen molar-refractivity contribution in [2.45, 2.75) is 108 Å². The highest BCUT2D eigenvalue weighted by Gasteiger charge is 2.62. The first-order chi connectivity index (χ1) is 23.8. The Labute approximate surface area is 293 Å². The maximum atomic E-state index is 14.2. The van der Waals surface area contributed by atoms with Crippen LogP contribution in [-0.2, 0) is 24.4 Å². The number of pyridine rings is 1. The summed E-state index contributed by atoms with van der Waals surface area (Å²) in [6.45, 7) is 9.77. The van der Waals surface area contributed by atoms with E-state index in [1.165, 1.54) is 11.0 Å². The van der Waals surface area contributed by atoms with Crippen molar-refractivity contribution < 1.29 is 42.1 Å². The van der Waals surface area contributed by atoms with E-state index in [4.69, 9.17) is 14.2 Å². The topological polar surface area (TPSA) is 173 Å². The van der Waals surface area contributed by atoms with Gasteiger partial charge in [0, 0.05) is 34.8 Å². The molecular weight excluding hydrogens is 664 g/mol. The average Bonchev–Trinajstić information content (AvgIpc) is 4.02. The Morgan fingerprint density at radius 3 is 2.52 bits per heavy atom. The quantitative estimate of drug-likeness (QED) is 0.262. The minimum atomic E-state index is -3.87. The van der Waals surface area contributed by atoms with E-state index in [0.29, 0.717) is 60.6 Å². The fourth-order valence-electron chi connectivity index (χ4n) is 7.56. The average molecular weight is 713 g/mol. The summed E-state index contributed by atoms with van der Waals surface area (Å²) in [5.41, 5.74) is -0.770. The zero-order valence-corrected chi connectivity index (χ0v) is 30.0. The molecule has 4 aliphatic rings. The summed E-state index contributed by atoms with van der Waals surface area (Å²) in [6, 6.07) is 4.21. The van der Waals surface area contributed by atoms with Crippen LogP contribution in [0.15, 0.2) is 30.9 Å². The molecule has 2 heterocycles. The second-order valence-corrected chi connectivity index (χ2v) is 16.4. The highest BCUT2D eigenvalue weighted by atomic mass is 32.2. The summed E-state index contributed by atoms with van der Waals surface area (Å²) in [6.07, 6.45) is 4.82. The van der Waals surface area contributed by atoms with Crippen molar-refractivity contribution in [1.82, 2.24) is 19.9 Å². The van der Waals surface area contributed by atoms with Crippen LogP contribution in [0.2, 0.25) is 0 Å². The lowest BCUT2D eigenvalue weighted by molar-refractivity contribution is -0.153. The molecule has 0 radical (unpaired) electrons. The molecule has 1 saturated heterocycles.